The number of benzene rings is 4. The molecule has 0 spiro atoms. The van der Waals surface area contributed by atoms with Gasteiger partial charge in [0.2, 0.25) is 0 Å². The zero-order valence-electron chi connectivity index (χ0n) is 44.6. The Bertz CT molecular complexity index is 2580. The van der Waals surface area contributed by atoms with Crippen LogP contribution in [0.15, 0.2) is 117 Å². The van der Waals surface area contributed by atoms with Gasteiger partial charge in [0.15, 0.2) is 0 Å². The Morgan fingerprint density at radius 3 is 0.879 bits per heavy atom. The molecule has 4 aliphatic rings. The Balaban J connectivity index is 1.25. The van der Waals surface area contributed by atoms with E-state index in [2.05, 4.69) is 225 Å². The Morgan fingerprint density at radius 2 is 0.636 bits per heavy atom. The first-order valence-electron chi connectivity index (χ1n) is 24.3. The summed E-state index contributed by atoms with van der Waals surface area (Å²) in [5.74, 6) is 3.65. The molecule has 6 heteroatoms. The van der Waals surface area contributed by atoms with Crippen molar-refractivity contribution in [3.63, 3.8) is 0 Å². The average molecular weight is 1010 g/mol. The van der Waals surface area contributed by atoms with Crippen molar-refractivity contribution in [2.24, 2.45) is 0 Å². The number of hydrogen-bond donors (Lipinski definition) is 0. The van der Waals surface area contributed by atoms with Gasteiger partial charge in [-0.1, -0.05) is 0 Å². The molecule has 0 fully saturated rings. The molecule has 4 aromatic rings. The van der Waals surface area contributed by atoms with E-state index in [1.807, 2.05) is 0 Å². The first kappa shape index (κ1) is 48.6. The van der Waals surface area contributed by atoms with Crippen LogP contribution in [0.4, 0.5) is 0 Å². The van der Waals surface area contributed by atoms with E-state index in [1.165, 1.54) is 75.6 Å². The fraction of sp³-hybridized carbons (Fsp3) is 0.467. The summed E-state index contributed by atoms with van der Waals surface area (Å²) in [6, 6.07) is 27.7. The van der Waals surface area contributed by atoms with Crippen LogP contribution in [-0.2, 0) is 21.7 Å². The molecule has 0 aromatic heterocycles. The quantitative estimate of drug-likeness (QED) is 0.187. The number of hydrogen-bond acceptors (Lipinski definition) is 4. The van der Waals surface area contributed by atoms with Crippen molar-refractivity contribution in [2.45, 2.75) is 182 Å². The van der Waals surface area contributed by atoms with Crippen LogP contribution in [0.25, 0.3) is 11.1 Å². The van der Waals surface area contributed by atoms with Gasteiger partial charge >= 0.3 is 408 Å². The van der Waals surface area contributed by atoms with Crippen molar-refractivity contribution in [2.75, 3.05) is 0 Å². The number of allylic oxidation sites excluding steroid dienone is 8. The predicted molar refractivity (Wildman–Crippen MR) is 283 cm³/mol. The van der Waals surface area contributed by atoms with Crippen LogP contribution in [0.1, 0.15) is 175 Å². The van der Waals surface area contributed by atoms with Gasteiger partial charge in [-0.05, 0) is 0 Å². The fourth-order valence-corrected chi connectivity index (χ4v) is 28.9. The normalized spacial score (nSPS) is 22.7. The summed E-state index contributed by atoms with van der Waals surface area (Å²) in [6.07, 6.45) is 0. The van der Waals surface area contributed by atoms with E-state index >= 15 is 0 Å². The maximum absolute atomic E-state index is 7.70. The van der Waals surface area contributed by atoms with Gasteiger partial charge in [0.1, 0.15) is 0 Å². The monoisotopic (exact) mass is 1010 g/mol. The van der Waals surface area contributed by atoms with Crippen LogP contribution in [0, 0.1) is 0 Å². The van der Waals surface area contributed by atoms with Gasteiger partial charge in [-0.2, -0.15) is 0 Å². The van der Waals surface area contributed by atoms with Crippen LogP contribution in [0.2, 0.25) is 8.49 Å². The van der Waals surface area contributed by atoms with Crippen LogP contribution < -0.4 is 23.8 Å². The van der Waals surface area contributed by atoms with E-state index < -0.39 is 27.9 Å². The Kier molecular flexibility index (Phi) is 11.3. The van der Waals surface area contributed by atoms with Gasteiger partial charge in [-0.25, -0.2) is 0 Å². The molecule has 66 heavy (non-hydrogen) atoms. The Morgan fingerprint density at radius 1 is 0.364 bits per heavy atom. The van der Waals surface area contributed by atoms with E-state index in [4.69, 9.17) is 15.1 Å². The summed E-state index contributed by atoms with van der Waals surface area (Å²) in [5, 5.41) is 0. The molecule has 2 unspecified atom stereocenters. The summed E-state index contributed by atoms with van der Waals surface area (Å²) >= 11 is -8.20. The molecule has 2 atom stereocenters. The molecular weight excluding hydrogens is 930 g/mol. The van der Waals surface area contributed by atoms with Gasteiger partial charge in [0, 0.05) is 0 Å². The molecule has 0 bridgehead atoms. The molecule has 4 nitrogen and oxygen atoms in total. The third-order valence-corrected chi connectivity index (χ3v) is 34.5. The Hall–Kier alpha value is -3.87. The van der Waals surface area contributed by atoms with E-state index in [1.54, 1.807) is 0 Å². The summed E-state index contributed by atoms with van der Waals surface area (Å²) in [4.78, 5) is 0. The van der Waals surface area contributed by atoms with Crippen LogP contribution in [-0.4, -0.2) is 27.9 Å². The molecule has 2 aliphatic heterocycles. The summed E-state index contributed by atoms with van der Waals surface area (Å²) in [5.41, 5.74) is 17.8. The zero-order valence-corrected chi connectivity index (χ0v) is 48.8. The molecule has 8 rings (SSSR count). The first-order valence-corrected chi connectivity index (χ1v) is 32.0. The van der Waals surface area contributed by atoms with Gasteiger partial charge in [-0.3, -0.25) is 0 Å². The second kappa shape index (κ2) is 15.3. The second-order valence-electron chi connectivity index (χ2n) is 24.7. The van der Waals surface area contributed by atoms with Gasteiger partial charge in [0.05, 0.1) is 0 Å². The summed E-state index contributed by atoms with van der Waals surface area (Å²) in [7, 11) is 0. The topological polar surface area (TPSA) is 36.9 Å². The van der Waals surface area contributed by atoms with Crippen molar-refractivity contribution in [3.8, 4) is 34.1 Å². The molecule has 0 saturated carbocycles. The van der Waals surface area contributed by atoms with Crippen molar-refractivity contribution in [3.05, 3.63) is 140 Å². The van der Waals surface area contributed by atoms with Crippen molar-refractivity contribution >= 4 is 36.7 Å². The average Bonchev–Trinajstić information content (AvgIpc) is 3.92. The molecule has 4 aromatic carbocycles. The third kappa shape index (κ3) is 6.93. The van der Waals surface area contributed by atoms with Gasteiger partial charge in [-0.15, -0.1) is 0 Å². The molecular formula is C60H78Ge2O4. The van der Waals surface area contributed by atoms with Crippen molar-refractivity contribution in [1.29, 1.82) is 0 Å². The maximum atomic E-state index is 7.70. The van der Waals surface area contributed by atoms with E-state index in [0.717, 1.165) is 34.1 Å². The summed E-state index contributed by atoms with van der Waals surface area (Å²) in [6.45, 7) is 50.6. The second-order valence-corrected chi connectivity index (χ2v) is 38.3. The van der Waals surface area contributed by atoms with Crippen LogP contribution in [0.5, 0.6) is 23.0 Å². The molecule has 0 N–H and O–H groups in total. The van der Waals surface area contributed by atoms with Crippen molar-refractivity contribution < 1.29 is 15.1 Å². The van der Waals surface area contributed by atoms with Gasteiger partial charge < -0.3 is 0 Å². The minimum absolute atomic E-state index is 0.0458. The SMILES string of the molecule is CC1=C(C)[C](C)([Ge]2([c]3ccc(-c4cc[c]([Ge]5([C]6(C)C(C)=C(C)C(C)=C6C)[O]c6cc(C(C)(C)C)cc(C(C)(C)C)c6[O]5)cc4)cc3)[O]c3cc(C(C)(C)C)cc(C(C)(C)C)c3[O]2)C(C)=C1C. The fourth-order valence-electron chi connectivity index (χ4n) is 11.3. The van der Waals surface area contributed by atoms with E-state index in [0.29, 0.717) is 0 Å². The Labute approximate surface area is 405 Å². The third-order valence-electron chi connectivity index (χ3n) is 17.0. The molecule has 2 heterocycles. The standard InChI is InChI=1S/C60H78Ge2O4/c1-35-36(2)40(6)59(21,39(35)5)61(63-51-33-45(55(9,10)11)31-49(53(51)65-61)57(15,16)17)47-27-23-43(24-28-47)44-25-29-48(30-26-44)62(60(22)41(7)37(3)38(4)42(60)8)64-52-34-46(56(12,13)14)32-50(54(52)66-62)58(18,19)20/h23-34H,1-22H3. The number of rotatable bonds is 5. The first-order chi connectivity index (χ1) is 30.3. The van der Waals surface area contributed by atoms with Gasteiger partial charge in [0.25, 0.3) is 0 Å². The van der Waals surface area contributed by atoms with Crippen LogP contribution in [0.3, 0.4) is 0 Å². The van der Waals surface area contributed by atoms with E-state index in [-0.39, 0.29) is 30.2 Å². The van der Waals surface area contributed by atoms with Crippen molar-refractivity contribution in [1.82, 2.24) is 0 Å². The molecule has 350 valence electrons. The summed E-state index contributed by atoms with van der Waals surface area (Å²) < 4.78 is 32.3. The molecule has 0 saturated heterocycles. The van der Waals surface area contributed by atoms with E-state index in [9.17, 15) is 0 Å². The molecule has 2 aliphatic carbocycles. The number of fused-ring (bicyclic) bond motifs is 2. The molecule has 0 amide bonds. The zero-order chi connectivity index (χ0) is 48.9. The minimum atomic E-state index is -4.10. The van der Waals surface area contributed by atoms with Crippen LogP contribution >= 0.6 is 0 Å². The predicted octanol–water partition coefficient (Wildman–Crippen LogP) is 15.7. The molecule has 0 radical (unpaired) electrons.